The SMILES string of the molecule is CC(C)CN1CCNCC1=O.Cl. The smallest absolute Gasteiger partial charge is 0.236 e. The lowest BCUT2D eigenvalue weighted by Crippen LogP contribution is -2.49. The van der Waals surface area contributed by atoms with Crippen LogP contribution >= 0.6 is 12.4 Å². The lowest BCUT2D eigenvalue weighted by atomic mass is 10.2. The Morgan fingerprint density at radius 3 is 2.75 bits per heavy atom. The van der Waals surface area contributed by atoms with Crippen LogP contribution in [0.1, 0.15) is 13.8 Å². The quantitative estimate of drug-likeness (QED) is 0.691. The average molecular weight is 193 g/mol. The van der Waals surface area contributed by atoms with Crippen LogP contribution in [0, 0.1) is 5.92 Å². The number of amides is 1. The standard InChI is InChI=1S/C8H16N2O.ClH/c1-7(2)6-10-4-3-9-5-8(10)11;/h7,9H,3-6H2,1-2H3;1H. The summed E-state index contributed by atoms with van der Waals surface area (Å²) in [7, 11) is 0. The number of halogens is 1. The van der Waals surface area contributed by atoms with E-state index in [4.69, 9.17) is 0 Å². The molecule has 1 saturated heterocycles. The molecule has 1 rings (SSSR count). The highest BCUT2D eigenvalue weighted by atomic mass is 35.5. The van der Waals surface area contributed by atoms with Crippen LogP contribution in [0.4, 0.5) is 0 Å². The molecular weight excluding hydrogens is 176 g/mol. The second-order valence-corrected chi connectivity index (χ2v) is 3.41. The van der Waals surface area contributed by atoms with E-state index in [-0.39, 0.29) is 18.3 Å². The molecule has 4 heteroatoms. The predicted molar refractivity (Wildman–Crippen MR) is 51.5 cm³/mol. The van der Waals surface area contributed by atoms with Crippen LogP contribution in [0.5, 0.6) is 0 Å². The van der Waals surface area contributed by atoms with Gasteiger partial charge in [-0.25, -0.2) is 0 Å². The Bertz CT molecular complexity index is 150. The number of rotatable bonds is 2. The van der Waals surface area contributed by atoms with Crippen molar-refractivity contribution in [2.24, 2.45) is 5.92 Å². The number of nitrogens with one attached hydrogen (secondary N) is 1. The molecule has 0 aliphatic carbocycles. The van der Waals surface area contributed by atoms with Gasteiger partial charge < -0.3 is 10.2 Å². The van der Waals surface area contributed by atoms with Gasteiger partial charge >= 0.3 is 0 Å². The lowest BCUT2D eigenvalue weighted by molar-refractivity contribution is -0.132. The maximum absolute atomic E-state index is 11.2. The summed E-state index contributed by atoms with van der Waals surface area (Å²) < 4.78 is 0. The first-order chi connectivity index (χ1) is 5.20. The fraction of sp³-hybridized carbons (Fsp3) is 0.875. The second-order valence-electron chi connectivity index (χ2n) is 3.41. The third-order valence-corrected chi connectivity index (χ3v) is 1.77. The van der Waals surface area contributed by atoms with E-state index in [1.54, 1.807) is 0 Å². The van der Waals surface area contributed by atoms with Crippen LogP contribution in [-0.4, -0.2) is 37.0 Å². The minimum Gasteiger partial charge on any atom is -0.340 e. The summed E-state index contributed by atoms with van der Waals surface area (Å²) in [6.07, 6.45) is 0. The summed E-state index contributed by atoms with van der Waals surface area (Å²) in [5, 5.41) is 3.05. The van der Waals surface area contributed by atoms with Gasteiger partial charge in [-0.3, -0.25) is 4.79 Å². The number of piperazine rings is 1. The maximum Gasteiger partial charge on any atom is 0.236 e. The van der Waals surface area contributed by atoms with Gasteiger partial charge in [-0.1, -0.05) is 13.8 Å². The Balaban J connectivity index is 0.00000121. The predicted octanol–water partition coefficient (Wildman–Crippen LogP) is 0.496. The molecule has 12 heavy (non-hydrogen) atoms. The summed E-state index contributed by atoms with van der Waals surface area (Å²) >= 11 is 0. The van der Waals surface area contributed by atoms with Crippen LogP contribution in [0.2, 0.25) is 0 Å². The first-order valence-corrected chi connectivity index (χ1v) is 4.18. The topological polar surface area (TPSA) is 32.3 Å². The van der Waals surface area contributed by atoms with Crippen molar-refractivity contribution in [2.75, 3.05) is 26.2 Å². The van der Waals surface area contributed by atoms with Crippen molar-refractivity contribution < 1.29 is 4.79 Å². The molecule has 3 nitrogen and oxygen atoms in total. The summed E-state index contributed by atoms with van der Waals surface area (Å²) in [6.45, 7) is 7.51. The van der Waals surface area contributed by atoms with Crippen LogP contribution in [0.15, 0.2) is 0 Å². The molecule has 0 aromatic rings. The summed E-state index contributed by atoms with van der Waals surface area (Å²) in [4.78, 5) is 13.1. The maximum atomic E-state index is 11.2. The molecule has 0 saturated carbocycles. The Labute approximate surface area is 79.9 Å². The van der Waals surface area contributed by atoms with Crippen LogP contribution in [-0.2, 0) is 4.79 Å². The molecule has 0 bridgehead atoms. The third kappa shape index (κ3) is 3.41. The van der Waals surface area contributed by atoms with Crippen LogP contribution in [0.25, 0.3) is 0 Å². The van der Waals surface area contributed by atoms with Crippen molar-refractivity contribution in [1.29, 1.82) is 0 Å². The number of carbonyl (C=O) groups excluding carboxylic acids is 1. The fourth-order valence-electron chi connectivity index (χ4n) is 1.28. The molecule has 1 amide bonds. The van der Waals surface area contributed by atoms with Crippen molar-refractivity contribution in [3.63, 3.8) is 0 Å². The van der Waals surface area contributed by atoms with Crippen molar-refractivity contribution in [3.05, 3.63) is 0 Å². The van der Waals surface area contributed by atoms with Gasteiger partial charge in [0.15, 0.2) is 0 Å². The minimum absolute atomic E-state index is 0. The van der Waals surface area contributed by atoms with E-state index in [2.05, 4.69) is 19.2 Å². The average Bonchev–Trinajstić information content (AvgIpc) is 1.93. The first-order valence-electron chi connectivity index (χ1n) is 4.18. The Hall–Kier alpha value is -0.280. The fourth-order valence-corrected chi connectivity index (χ4v) is 1.28. The van der Waals surface area contributed by atoms with Gasteiger partial charge in [0.25, 0.3) is 0 Å². The van der Waals surface area contributed by atoms with Gasteiger partial charge in [0.05, 0.1) is 6.54 Å². The molecule has 1 N–H and O–H groups in total. The van der Waals surface area contributed by atoms with Gasteiger partial charge in [0, 0.05) is 19.6 Å². The van der Waals surface area contributed by atoms with Crippen molar-refractivity contribution in [1.82, 2.24) is 10.2 Å². The summed E-state index contributed by atoms with van der Waals surface area (Å²) in [5.41, 5.74) is 0. The highest BCUT2D eigenvalue weighted by Crippen LogP contribution is 2.00. The molecule has 1 fully saturated rings. The van der Waals surface area contributed by atoms with Gasteiger partial charge in [0.1, 0.15) is 0 Å². The van der Waals surface area contributed by atoms with E-state index < -0.39 is 0 Å². The highest BCUT2D eigenvalue weighted by molar-refractivity contribution is 5.85. The molecule has 1 heterocycles. The first kappa shape index (κ1) is 11.7. The Kier molecular flexibility index (Phi) is 5.25. The van der Waals surface area contributed by atoms with Crippen LogP contribution < -0.4 is 5.32 Å². The summed E-state index contributed by atoms with van der Waals surface area (Å²) in [5.74, 6) is 0.821. The van der Waals surface area contributed by atoms with E-state index in [0.29, 0.717) is 12.5 Å². The zero-order valence-electron chi connectivity index (χ0n) is 7.67. The Morgan fingerprint density at radius 1 is 1.58 bits per heavy atom. The lowest BCUT2D eigenvalue weighted by Gasteiger charge is -2.28. The molecule has 0 aromatic carbocycles. The zero-order chi connectivity index (χ0) is 8.27. The molecule has 0 aromatic heterocycles. The van der Waals surface area contributed by atoms with Gasteiger partial charge in [-0.15, -0.1) is 12.4 Å². The second kappa shape index (κ2) is 5.38. The molecule has 0 spiro atoms. The highest BCUT2D eigenvalue weighted by Gasteiger charge is 2.17. The van der Waals surface area contributed by atoms with Crippen molar-refractivity contribution in [3.8, 4) is 0 Å². The molecule has 72 valence electrons. The number of carbonyl (C=O) groups is 1. The van der Waals surface area contributed by atoms with E-state index >= 15 is 0 Å². The molecular formula is C8H17ClN2O. The zero-order valence-corrected chi connectivity index (χ0v) is 8.49. The van der Waals surface area contributed by atoms with Crippen LogP contribution in [0.3, 0.4) is 0 Å². The van der Waals surface area contributed by atoms with E-state index in [9.17, 15) is 4.79 Å². The van der Waals surface area contributed by atoms with Crippen molar-refractivity contribution >= 4 is 18.3 Å². The number of hydrogen-bond acceptors (Lipinski definition) is 2. The monoisotopic (exact) mass is 192 g/mol. The number of hydrogen-bond donors (Lipinski definition) is 1. The van der Waals surface area contributed by atoms with E-state index in [1.165, 1.54) is 0 Å². The van der Waals surface area contributed by atoms with Gasteiger partial charge in [-0.05, 0) is 5.92 Å². The van der Waals surface area contributed by atoms with Gasteiger partial charge in [0.2, 0.25) is 5.91 Å². The normalized spacial score (nSPS) is 17.9. The largest absolute Gasteiger partial charge is 0.340 e. The summed E-state index contributed by atoms with van der Waals surface area (Å²) in [6, 6.07) is 0. The molecule has 0 unspecified atom stereocenters. The minimum atomic E-state index is 0. The van der Waals surface area contributed by atoms with Crippen molar-refractivity contribution in [2.45, 2.75) is 13.8 Å². The van der Waals surface area contributed by atoms with E-state index in [0.717, 1.165) is 19.6 Å². The molecule has 1 aliphatic rings. The molecule has 0 radical (unpaired) electrons. The number of nitrogens with zero attached hydrogens (tertiary/aromatic N) is 1. The van der Waals surface area contributed by atoms with E-state index in [1.807, 2.05) is 4.90 Å². The third-order valence-electron chi connectivity index (χ3n) is 1.77. The molecule has 0 atom stereocenters. The van der Waals surface area contributed by atoms with Gasteiger partial charge in [-0.2, -0.15) is 0 Å². The molecule has 1 aliphatic heterocycles. The Morgan fingerprint density at radius 2 is 2.25 bits per heavy atom.